The van der Waals surface area contributed by atoms with Gasteiger partial charge in [-0.1, -0.05) is 24.3 Å². The van der Waals surface area contributed by atoms with Gasteiger partial charge in [0.1, 0.15) is 6.61 Å². The average Bonchev–Trinajstić information content (AvgIpc) is 2.56. The fraction of sp³-hybridized carbons (Fsp3) is 0.316. The van der Waals surface area contributed by atoms with E-state index in [1.165, 1.54) is 5.56 Å². The Kier molecular flexibility index (Phi) is 6.44. The van der Waals surface area contributed by atoms with Gasteiger partial charge in [-0.3, -0.25) is 0 Å². The predicted octanol–water partition coefficient (Wildman–Crippen LogP) is 4.07. The summed E-state index contributed by atoms with van der Waals surface area (Å²) in [5.74, 6) is 1.45. The quantitative estimate of drug-likeness (QED) is 0.774. The molecule has 0 fully saturated rings. The molecule has 0 aliphatic rings. The zero-order chi connectivity index (χ0) is 17.5. The monoisotopic (exact) mass is 344 g/mol. The van der Waals surface area contributed by atoms with Crippen LogP contribution in [0, 0.1) is 13.8 Å². The molecule has 2 aromatic rings. The standard InChI is InChI=1S/C19H24N2O2S/c1-13-9-10-14(2)16(11-13)21-19(24)20-15(3)12-23-18-8-6-5-7-17(18)22-4/h5-11,15H,12H2,1-4H3,(H2,20,21,24)/t15-/m1/s1. The van der Waals surface area contributed by atoms with E-state index < -0.39 is 0 Å². The molecule has 2 aromatic carbocycles. The molecule has 0 bridgehead atoms. The summed E-state index contributed by atoms with van der Waals surface area (Å²) < 4.78 is 11.1. The molecule has 0 radical (unpaired) electrons. The number of benzene rings is 2. The first-order chi connectivity index (χ1) is 11.5. The molecule has 0 saturated heterocycles. The zero-order valence-electron chi connectivity index (χ0n) is 14.6. The molecule has 0 amide bonds. The van der Waals surface area contributed by atoms with E-state index in [1.54, 1.807) is 7.11 Å². The van der Waals surface area contributed by atoms with Gasteiger partial charge >= 0.3 is 0 Å². The van der Waals surface area contributed by atoms with Crippen molar-refractivity contribution in [2.45, 2.75) is 26.8 Å². The predicted molar refractivity (Wildman–Crippen MR) is 103 cm³/mol. The summed E-state index contributed by atoms with van der Waals surface area (Å²) in [6, 6.07) is 13.9. The number of methoxy groups -OCH3 is 1. The number of rotatable bonds is 6. The largest absolute Gasteiger partial charge is 0.493 e. The summed E-state index contributed by atoms with van der Waals surface area (Å²) in [7, 11) is 1.63. The van der Waals surface area contributed by atoms with Crippen LogP contribution < -0.4 is 20.1 Å². The van der Waals surface area contributed by atoms with Crippen LogP contribution in [-0.4, -0.2) is 24.9 Å². The molecule has 0 aromatic heterocycles. The lowest BCUT2D eigenvalue weighted by atomic mass is 10.1. The Hall–Kier alpha value is -2.27. The fourth-order valence-electron chi connectivity index (χ4n) is 2.25. The molecule has 0 unspecified atom stereocenters. The van der Waals surface area contributed by atoms with E-state index in [2.05, 4.69) is 42.7 Å². The highest BCUT2D eigenvalue weighted by atomic mass is 32.1. The summed E-state index contributed by atoms with van der Waals surface area (Å²) in [6.07, 6.45) is 0. The van der Waals surface area contributed by atoms with E-state index in [1.807, 2.05) is 31.2 Å². The van der Waals surface area contributed by atoms with Gasteiger partial charge in [0.2, 0.25) is 0 Å². The number of hydrogen-bond donors (Lipinski definition) is 2. The van der Waals surface area contributed by atoms with Crippen molar-refractivity contribution in [3.63, 3.8) is 0 Å². The molecule has 4 nitrogen and oxygen atoms in total. The molecule has 1 atom stereocenters. The number of ether oxygens (including phenoxy) is 2. The van der Waals surface area contributed by atoms with E-state index in [4.69, 9.17) is 21.7 Å². The molecule has 0 aliphatic carbocycles. The van der Waals surface area contributed by atoms with Crippen molar-refractivity contribution in [3.8, 4) is 11.5 Å². The third-order valence-corrected chi connectivity index (χ3v) is 3.80. The molecular formula is C19H24N2O2S. The van der Waals surface area contributed by atoms with E-state index in [9.17, 15) is 0 Å². The molecule has 0 saturated carbocycles. The summed E-state index contributed by atoms with van der Waals surface area (Å²) in [5, 5.41) is 7.06. The molecule has 0 aliphatic heterocycles. The maximum Gasteiger partial charge on any atom is 0.171 e. The van der Waals surface area contributed by atoms with Crippen LogP contribution in [0.25, 0.3) is 0 Å². The summed E-state index contributed by atoms with van der Waals surface area (Å²) >= 11 is 5.39. The fourth-order valence-corrected chi connectivity index (χ4v) is 2.56. The number of aryl methyl sites for hydroxylation is 2. The number of thiocarbonyl (C=S) groups is 1. The lowest BCUT2D eigenvalue weighted by Crippen LogP contribution is -2.39. The molecule has 128 valence electrons. The van der Waals surface area contributed by atoms with Crippen molar-refractivity contribution in [2.24, 2.45) is 0 Å². The number of nitrogens with one attached hydrogen (secondary N) is 2. The third kappa shape index (κ3) is 5.13. The molecule has 0 spiro atoms. The lowest BCUT2D eigenvalue weighted by Gasteiger charge is -2.19. The van der Waals surface area contributed by atoms with Crippen molar-refractivity contribution in [1.82, 2.24) is 5.32 Å². The highest BCUT2D eigenvalue weighted by Crippen LogP contribution is 2.25. The Morgan fingerprint density at radius 3 is 2.54 bits per heavy atom. The van der Waals surface area contributed by atoms with Gasteiger partial charge in [0, 0.05) is 5.69 Å². The molecule has 5 heteroatoms. The molecular weight excluding hydrogens is 320 g/mol. The van der Waals surface area contributed by atoms with Crippen molar-refractivity contribution in [1.29, 1.82) is 0 Å². The van der Waals surface area contributed by atoms with Crippen LogP contribution >= 0.6 is 12.2 Å². The second-order valence-corrected chi connectivity index (χ2v) is 6.19. The van der Waals surface area contributed by atoms with Crippen molar-refractivity contribution in [2.75, 3.05) is 19.0 Å². The minimum absolute atomic E-state index is 0.0556. The highest BCUT2D eigenvalue weighted by Gasteiger charge is 2.09. The Morgan fingerprint density at radius 2 is 1.83 bits per heavy atom. The second-order valence-electron chi connectivity index (χ2n) is 5.78. The minimum atomic E-state index is 0.0556. The maximum atomic E-state index is 5.81. The summed E-state index contributed by atoms with van der Waals surface area (Å²) in [4.78, 5) is 0. The average molecular weight is 344 g/mol. The first kappa shape index (κ1) is 18.1. The summed E-state index contributed by atoms with van der Waals surface area (Å²) in [5.41, 5.74) is 3.37. The normalized spacial score (nSPS) is 11.5. The Balaban J connectivity index is 1.86. The van der Waals surface area contributed by atoms with Gasteiger partial charge < -0.3 is 20.1 Å². The SMILES string of the molecule is COc1ccccc1OC[C@@H](C)NC(=S)Nc1cc(C)ccc1C. The second kappa shape index (κ2) is 8.55. The first-order valence-corrected chi connectivity index (χ1v) is 8.31. The van der Waals surface area contributed by atoms with Crippen LogP contribution in [0.3, 0.4) is 0 Å². The Morgan fingerprint density at radius 1 is 1.12 bits per heavy atom. The van der Waals surface area contributed by atoms with Gasteiger partial charge in [0.25, 0.3) is 0 Å². The minimum Gasteiger partial charge on any atom is -0.493 e. The number of anilines is 1. The van der Waals surface area contributed by atoms with Crippen molar-refractivity contribution >= 4 is 23.0 Å². The van der Waals surface area contributed by atoms with Crippen LogP contribution in [0.2, 0.25) is 0 Å². The first-order valence-electron chi connectivity index (χ1n) is 7.90. The maximum absolute atomic E-state index is 5.81. The van der Waals surface area contributed by atoms with Gasteiger partial charge in [-0.2, -0.15) is 0 Å². The van der Waals surface area contributed by atoms with E-state index in [0.29, 0.717) is 11.7 Å². The van der Waals surface area contributed by atoms with Gasteiger partial charge in [-0.25, -0.2) is 0 Å². The van der Waals surface area contributed by atoms with Crippen LogP contribution in [0.4, 0.5) is 5.69 Å². The van der Waals surface area contributed by atoms with Gasteiger partial charge in [-0.05, 0) is 62.3 Å². The Labute approximate surface area is 149 Å². The van der Waals surface area contributed by atoms with Crippen LogP contribution in [0.15, 0.2) is 42.5 Å². The van der Waals surface area contributed by atoms with Gasteiger partial charge in [0.15, 0.2) is 16.6 Å². The third-order valence-electron chi connectivity index (χ3n) is 3.58. The molecule has 0 heterocycles. The Bertz CT molecular complexity index is 704. The highest BCUT2D eigenvalue weighted by molar-refractivity contribution is 7.80. The van der Waals surface area contributed by atoms with E-state index >= 15 is 0 Å². The number of hydrogen-bond acceptors (Lipinski definition) is 3. The lowest BCUT2D eigenvalue weighted by molar-refractivity contribution is 0.270. The molecule has 24 heavy (non-hydrogen) atoms. The van der Waals surface area contributed by atoms with E-state index in [-0.39, 0.29) is 6.04 Å². The van der Waals surface area contributed by atoms with Crippen molar-refractivity contribution < 1.29 is 9.47 Å². The van der Waals surface area contributed by atoms with Crippen molar-refractivity contribution in [3.05, 3.63) is 53.6 Å². The van der Waals surface area contributed by atoms with Crippen LogP contribution in [0.1, 0.15) is 18.1 Å². The van der Waals surface area contributed by atoms with E-state index in [0.717, 1.165) is 22.7 Å². The van der Waals surface area contributed by atoms with Crippen LogP contribution in [-0.2, 0) is 0 Å². The van der Waals surface area contributed by atoms with Gasteiger partial charge in [-0.15, -0.1) is 0 Å². The van der Waals surface area contributed by atoms with Gasteiger partial charge in [0.05, 0.1) is 13.2 Å². The van der Waals surface area contributed by atoms with Crippen LogP contribution in [0.5, 0.6) is 11.5 Å². The summed E-state index contributed by atoms with van der Waals surface area (Å²) in [6.45, 7) is 6.62. The smallest absolute Gasteiger partial charge is 0.171 e. The topological polar surface area (TPSA) is 42.5 Å². The molecule has 2 N–H and O–H groups in total. The molecule has 2 rings (SSSR count). The number of para-hydroxylation sites is 2. The zero-order valence-corrected chi connectivity index (χ0v) is 15.4.